The van der Waals surface area contributed by atoms with Gasteiger partial charge < -0.3 is 14.8 Å². The molecule has 4 nitrogen and oxygen atoms in total. The van der Waals surface area contributed by atoms with Gasteiger partial charge in [-0.05, 0) is 47.7 Å². The van der Waals surface area contributed by atoms with Crippen molar-refractivity contribution in [1.82, 2.24) is 0 Å². The Kier molecular flexibility index (Phi) is 7.34. The number of halogens is 2. The van der Waals surface area contributed by atoms with Gasteiger partial charge in [-0.25, -0.2) is 0 Å². The summed E-state index contributed by atoms with van der Waals surface area (Å²) in [6.45, 7) is 1.14. The number of hydrogen-bond acceptors (Lipinski definition) is 3. The first kappa shape index (κ1) is 20.4. The molecule has 0 aliphatic heterocycles. The highest BCUT2D eigenvalue weighted by Crippen LogP contribution is 2.30. The lowest BCUT2D eigenvalue weighted by atomic mass is 10.0. The first-order chi connectivity index (χ1) is 13.0. The van der Waals surface area contributed by atoms with Gasteiger partial charge in [-0.2, -0.15) is 8.78 Å². The number of nitrogens with one attached hydrogen (secondary N) is 1. The number of aryl methyl sites for hydroxylation is 2. The molecule has 0 atom stereocenters. The van der Waals surface area contributed by atoms with E-state index in [-0.39, 0.29) is 17.4 Å². The first-order valence-corrected chi connectivity index (χ1v) is 8.71. The van der Waals surface area contributed by atoms with Crippen molar-refractivity contribution >= 4 is 17.7 Å². The van der Waals surface area contributed by atoms with Crippen LogP contribution in [0.4, 0.5) is 14.5 Å². The van der Waals surface area contributed by atoms with E-state index in [1.165, 1.54) is 25.3 Å². The van der Waals surface area contributed by atoms with Gasteiger partial charge in [-0.3, -0.25) is 4.79 Å². The molecule has 2 rings (SSSR count). The van der Waals surface area contributed by atoms with Crippen molar-refractivity contribution in [2.75, 3.05) is 12.4 Å². The fraction of sp³-hybridized carbons (Fsp3) is 0.286. The predicted molar refractivity (Wildman–Crippen MR) is 102 cm³/mol. The number of methoxy groups -OCH3 is 1. The lowest BCUT2D eigenvalue weighted by Crippen LogP contribution is -2.11. The van der Waals surface area contributed by atoms with Gasteiger partial charge in [-0.1, -0.05) is 38.1 Å². The van der Waals surface area contributed by atoms with Gasteiger partial charge in [0.15, 0.2) is 11.5 Å². The zero-order valence-electron chi connectivity index (χ0n) is 15.6. The average Bonchev–Trinajstić information content (AvgIpc) is 2.66. The van der Waals surface area contributed by atoms with Gasteiger partial charge in [0, 0.05) is 11.8 Å². The van der Waals surface area contributed by atoms with E-state index in [2.05, 4.69) is 10.1 Å². The Balaban J connectivity index is 2.16. The Morgan fingerprint density at radius 3 is 2.33 bits per heavy atom. The number of hydrogen-bond donors (Lipinski definition) is 1. The molecule has 0 aliphatic rings. The topological polar surface area (TPSA) is 47.6 Å². The van der Waals surface area contributed by atoms with Crippen LogP contribution >= 0.6 is 0 Å². The van der Waals surface area contributed by atoms with Crippen molar-refractivity contribution in [2.45, 2.75) is 33.3 Å². The second-order valence-corrected chi connectivity index (χ2v) is 5.77. The standard InChI is InChI=1S/C21H23F2NO3/c1-4-15-7-6-8-16(5-2)20(15)24-19(25)12-10-14-9-11-17(27-21(22)23)18(13-14)26-3/h6-13,21H,4-5H2,1-3H3,(H,24,25)/b12-10+. The first-order valence-electron chi connectivity index (χ1n) is 8.71. The Labute approximate surface area is 157 Å². The number of anilines is 1. The quantitative estimate of drug-likeness (QED) is 0.655. The van der Waals surface area contributed by atoms with Gasteiger partial charge in [-0.15, -0.1) is 0 Å². The van der Waals surface area contributed by atoms with E-state index >= 15 is 0 Å². The molecule has 0 radical (unpaired) electrons. The molecule has 144 valence electrons. The molecule has 0 bridgehead atoms. The third-order valence-corrected chi connectivity index (χ3v) is 4.08. The SMILES string of the molecule is CCc1cccc(CC)c1NC(=O)/C=C/c1ccc(OC(F)F)c(OC)c1. The van der Waals surface area contributed by atoms with Crippen molar-refractivity contribution < 1.29 is 23.0 Å². The molecule has 0 saturated carbocycles. The van der Waals surface area contributed by atoms with Crippen molar-refractivity contribution in [3.05, 3.63) is 59.2 Å². The van der Waals surface area contributed by atoms with E-state index in [1.807, 2.05) is 32.0 Å². The fourth-order valence-corrected chi connectivity index (χ4v) is 2.72. The zero-order chi connectivity index (χ0) is 19.8. The highest BCUT2D eigenvalue weighted by Gasteiger charge is 2.11. The minimum absolute atomic E-state index is 0.0569. The predicted octanol–water partition coefficient (Wildman–Crippen LogP) is 5.07. The molecule has 0 unspecified atom stereocenters. The van der Waals surface area contributed by atoms with Crippen LogP contribution in [0.15, 0.2) is 42.5 Å². The number of benzene rings is 2. The summed E-state index contributed by atoms with van der Waals surface area (Å²) in [5.41, 5.74) is 3.62. The van der Waals surface area contributed by atoms with Crippen molar-refractivity contribution in [3.63, 3.8) is 0 Å². The number of ether oxygens (including phenoxy) is 2. The third-order valence-electron chi connectivity index (χ3n) is 4.08. The van der Waals surface area contributed by atoms with Gasteiger partial charge in [0.1, 0.15) is 0 Å². The number of rotatable bonds is 8. The molecule has 0 heterocycles. The van der Waals surface area contributed by atoms with Crippen molar-refractivity contribution in [2.24, 2.45) is 0 Å². The number of para-hydroxylation sites is 1. The lowest BCUT2D eigenvalue weighted by Gasteiger charge is -2.13. The number of carbonyl (C=O) groups excluding carboxylic acids is 1. The van der Waals surface area contributed by atoms with Crippen LogP contribution in [-0.2, 0) is 17.6 Å². The van der Waals surface area contributed by atoms with E-state index in [1.54, 1.807) is 12.1 Å². The largest absolute Gasteiger partial charge is 0.493 e. The maximum Gasteiger partial charge on any atom is 0.387 e. The summed E-state index contributed by atoms with van der Waals surface area (Å²) in [5, 5.41) is 2.94. The van der Waals surface area contributed by atoms with Gasteiger partial charge in [0.05, 0.1) is 7.11 Å². The Morgan fingerprint density at radius 1 is 1.11 bits per heavy atom. The summed E-state index contributed by atoms with van der Waals surface area (Å²) in [7, 11) is 1.36. The molecule has 6 heteroatoms. The van der Waals surface area contributed by atoms with Crippen LogP contribution in [0.2, 0.25) is 0 Å². The summed E-state index contributed by atoms with van der Waals surface area (Å²) in [6.07, 6.45) is 4.62. The summed E-state index contributed by atoms with van der Waals surface area (Å²) < 4.78 is 34.2. The molecule has 0 saturated heterocycles. The van der Waals surface area contributed by atoms with Crippen molar-refractivity contribution in [1.29, 1.82) is 0 Å². The maximum atomic E-state index is 12.4. The summed E-state index contributed by atoms with van der Waals surface area (Å²) in [5.74, 6) is -0.154. The fourth-order valence-electron chi connectivity index (χ4n) is 2.72. The molecule has 0 spiro atoms. The van der Waals surface area contributed by atoms with E-state index in [0.717, 1.165) is 29.7 Å². The van der Waals surface area contributed by atoms with Crippen LogP contribution in [0.5, 0.6) is 11.5 Å². The number of amides is 1. The molecular formula is C21H23F2NO3. The third kappa shape index (κ3) is 5.54. The summed E-state index contributed by atoms with van der Waals surface area (Å²) in [6, 6.07) is 10.4. The minimum Gasteiger partial charge on any atom is -0.493 e. The van der Waals surface area contributed by atoms with Crippen molar-refractivity contribution in [3.8, 4) is 11.5 Å². The Bertz CT molecular complexity index is 797. The van der Waals surface area contributed by atoms with Gasteiger partial charge in [0.25, 0.3) is 0 Å². The zero-order valence-corrected chi connectivity index (χ0v) is 15.6. The lowest BCUT2D eigenvalue weighted by molar-refractivity contribution is -0.111. The van der Waals surface area contributed by atoms with Crippen LogP contribution in [0.1, 0.15) is 30.5 Å². The monoisotopic (exact) mass is 375 g/mol. The summed E-state index contributed by atoms with van der Waals surface area (Å²) >= 11 is 0. The van der Waals surface area contributed by atoms with E-state index in [9.17, 15) is 13.6 Å². The molecule has 1 amide bonds. The van der Waals surface area contributed by atoms with Crippen LogP contribution in [0.25, 0.3) is 6.08 Å². The normalized spacial score (nSPS) is 11.0. The second-order valence-electron chi connectivity index (χ2n) is 5.77. The van der Waals surface area contributed by atoms with Crippen LogP contribution in [0, 0.1) is 0 Å². The van der Waals surface area contributed by atoms with Gasteiger partial charge >= 0.3 is 6.61 Å². The molecule has 0 fully saturated rings. The number of carbonyl (C=O) groups is 1. The Morgan fingerprint density at radius 2 is 1.78 bits per heavy atom. The van der Waals surface area contributed by atoms with Crippen LogP contribution in [0.3, 0.4) is 0 Å². The smallest absolute Gasteiger partial charge is 0.387 e. The maximum absolute atomic E-state index is 12.4. The highest BCUT2D eigenvalue weighted by atomic mass is 19.3. The molecule has 27 heavy (non-hydrogen) atoms. The Hall–Kier alpha value is -2.89. The molecular weight excluding hydrogens is 352 g/mol. The van der Waals surface area contributed by atoms with Gasteiger partial charge in [0.2, 0.25) is 5.91 Å². The van der Waals surface area contributed by atoms with E-state index in [0.29, 0.717) is 5.56 Å². The second kappa shape index (κ2) is 9.71. The molecule has 2 aromatic rings. The summed E-state index contributed by atoms with van der Waals surface area (Å²) in [4.78, 5) is 12.3. The average molecular weight is 375 g/mol. The van der Waals surface area contributed by atoms with E-state index in [4.69, 9.17) is 4.74 Å². The minimum atomic E-state index is -2.93. The number of alkyl halides is 2. The van der Waals surface area contributed by atoms with Crippen LogP contribution < -0.4 is 14.8 Å². The van der Waals surface area contributed by atoms with E-state index < -0.39 is 6.61 Å². The molecule has 0 aromatic heterocycles. The molecule has 0 aliphatic carbocycles. The van der Waals surface area contributed by atoms with Crippen LogP contribution in [-0.4, -0.2) is 19.6 Å². The molecule has 1 N–H and O–H groups in total. The highest BCUT2D eigenvalue weighted by molar-refractivity contribution is 6.02. The molecule has 2 aromatic carbocycles.